The highest BCUT2D eigenvalue weighted by atomic mass is 16.6. The lowest BCUT2D eigenvalue weighted by atomic mass is 10.3. The van der Waals surface area contributed by atoms with E-state index in [9.17, 15) is 0 Å². The Labute approximate surface area is 103 Å². The van der Waals surface area contributed by atoms with Gasteiger partial charge in [0.2, 0.25) is 0 Å². The van der Waals surface area contributed by atoms with Crippen molar-refractivity contribution < 1.29 is 4.63 Å². The Morgan fingerprint density at radius 1 is 1.18 bits per heavy atom. The van der Waals surface area contributed by atoms with Gasteiger partial charge in [-0.05, 0) is 40.3 Å². The second kappa shape index (κ2) is 5.60. The molecule has 0 N–H and O–H groups in total. The van der Waals surface area contributed by atoms with Gasteiger partial charge in [0.25, 0.3) is 0 Å². The lowest BCUT2D eigenvalue weighted by molar-refractivity contribution is 0.215. The van der Waals surface area contributed by atoms with E-state index in [1.54, 1.807) is 0 Å². The Bertz CT molecular complexity index is 350. The minimum Gasteiger partial charge on any atom is -0.300 e. The Morgan fingerprint density at radius 3 is 2.65 bits per heavy atom. The molecule has 17 heavy (non-hydrogen) atoms. The van der Waals surface area contributed by atoms with Crippen LogP contribution in [0, 0.1) is 6.92 Å². The van der Waals surface area contributed by atoms with Crippen LogP contribution in [0.4, 0.5) is 0 Å². The van der Waals surface area contributed by atoms with Crippen LogP contribution in [0.3, 0.4) is 0 Å². The molecule has 0 aromatic carbocycles. The van der Waals surface area contributed by atoms with E-state index in [-0.39, 0.29) is 0 Å². The molecule has 5 nitrogen and oxygen atoms in total. The van der Waals surface area contributed by atoms with Crippen molar-refractivity contribution in [3.63, 3.8) is 0 Å². The topological polar surface area (TPSA) is 45.4 Å². The predicted molar refractivity (Wildman–Crippen MR) is 65.6 cm³/mol. The van der Waals surface area contributed by atoms with Crippen molar-refractivity contribution in [1.82, 2.24) is 20.1 Å². The van der Waals surface area contributed by atoms with E-state index >= 15 is 0 Å². The molecular weight excluding hydrogens is 216 g/mol. The van der Waals surface area contributed by atoms with Crippen molar-refractivity contribution in [3.05, 3.63) is 11.4 Å². The van der Waals surface area contributed by atoms with Crippen molar-refractivity contribution >= 4 is 0 Å². The zero-order valence-corrected chi connectivity index (χ0v) is 11.0. The van der Waals surface area contributed by atoms with Crippen LogP contribution in [-0.4, -0.2) is 52.3 Å². The van der Waals surface area contributed by atoms with E-state index in [1.807, 2.05) is 6.92 Å². The summed E-state index contributed by atoms with van der Waals surface area (Å²) in [5.41, 5.74) is 1.89. The van der Waals surface area contributed by atoms with Crippen LogP contribution >= 0.6 is 0 Å². The molecule has 2 heterocycles. The highest BCUT2D eigenvalue weighted by molar-refractivity contribution is 5.04. The fraction of sp³-hybridized carbons (Fsp3) is 0.833. The highest BCUT2D eigenvalue weighted by Crippen LogP contribution is 2.11. The second-order valence-electron chi connectivity index (χ2n) is 5.06. The Kier molecular flexibility index (Phi) is 4.12. The maximum absolute atomic E-state index is 4.74. The van der Waals surface area contributed by atoms with Crippen molar-refractivity contribution in [2.24, 2.45) is 0 Å². The van der Waals surface area contributed by atoms with Crippen LogP contribution in [0.2, 0.25) is 0 Å². The maximum atomic E-state index is 4.74. The van der Waals surface area contributed by atoms with Crippen molar-refractivity contribution in [3.8, 4) is 0 Å². The summed E-state index contributed by atoms with van der Waals surface area (Å²) in [5.74, 6) is 0. The van der Waals surface area contributed by atoms with Gasteiger partial charge in [-0.1, -0.05) is 10.3 Å². The third-order valence-electron chi connectivity index (χ3n) is 3.47. The molecule has 96 valence electrons. The zero-order valence-electron chi connectivity index (χ0n) is 11.0. The number of rotatable bonds is 3. The van der Waals surface area contributed by atoms with Crippen LogP contribution in [0.15, 0.2) is 4.63 Å². The molecule has 1 fully saturated rings. The molecule has 1 aliphatic rings. The number of aromatic nitrogens is 2. The Hall–Kier alpha value is -0.940. The van der Waals surface area contributed by atoms with Gasteiger partial charge in [0.15, 0.2) is 0 Å². The van der Waals surface area contributed by atoms with E-state index in [4.69, 9.17) is 4.63 Å². The molecule has 5 heteroatoms. The molecule has 0 radical (unpaired) electrons. The number of hydrogen-bond acceptors (Lipinski definition) is 5. The molecule has 0 bridgehead atoms. The summed E-state index contributed by atoms with van der Waals surface area (Å²) in [4.78, 5) is 4.98. The first-order valence-electron chi connectivity index (χ1n) is 6.41. The monoisotopic (exact) mass is 238 g/mol. The van der Waals surface area contributed by atoms with Gasteiger partial charge in [-0.3, -0.25) is 9.80 Å². The van der Waals surface area contributed by atoms with Crippen molar-refractivity contribution in [2.45, 2.75) is 39.8 Å². The van der Waals surface area contributed by atoms with Gasteiger partial charge in [0.1, 0.15) is 11.4 Å². The molecule has 1 aromatic rings. The standard InChI is InChI=1S/C12H22N4O/c1-10(2)16-6-4-5-15(7-8-16)9-12-11(3)13-17-14-12/h10H,4-9H2,1-3H3. The molecule has 0 unspecified atom stereocenters. The fourth-order valence-electron chi connectivity index (χ4n) is 2.27. The van der Waals surface area contributed by atoms with Gasteiger partial charge in [0.05, 0.1) is 0 Å². The predicted octanol–water partition coefficient (Wildman–Crippen LogP) is 1.29. The van der Waals surface area contributed by atoms with Gasteiger partial charge < -0.3 is 0 Å². The van der Waals surface area contributed by atoms with Gasteiger partial charge in [-0.2, -0.15) is 0 Å². The SMILES string of the molecule is Cc1nonc1CN1CCCN(C(C)C)CC1. The molecule has 2 rings (SSSR count). The summed E-state index contributed by atoms with van der Waals surface area (Å²) in [6.07, 6.45) is 1.22. The molecular formula is C12H22N4O. The van der Waals surface area contributed by atoms with E-state index in [1.165, 1.54) is 13.0 Å². The molecule has 0 saturated carbocycles. The van der Waals surface area contributed by atoms with Crippen LogP contribution < -0.4 is 0 Å². The Morgan fingerprint density at radius 2 is 2.00 bits per heavy atom. The van der Waals surface area contributed by atoms with Crippen LogP contribution in [-0.2, 0) is 6.54 Å². The normalized spacial score (nSPS) is 19.8. The first kappa shape index (κ1) is 12.5. The van der Waals surface area contributed by atoms with Crippen LogP contribution in [0.5, 0.6) is 0 Å². The largest absolute Gasteiger partial charge is 0.300 e. The van der Waals surface area contributed by atoms with Crippen LogP contribution in [0.25, 0.3) is 0 Å². The maximum Gasteiger partial charge on any atom is 0.122 e. The first-order chi connectivity index (χ1) is 8.16. The molecule has 1 saturated heterocycles. The lowest BCUT2D eigenvalue weighted by Crippen LogP contribution is -2.35. The third kappa shape index (κ3) is 3.26. The lowest BCUT2D eigenvalue weighted by Gasteiger charge is -2.24. The summed E-state index contributed by atoms with van der Waals surface area (Å²) in [7, 11) is 0. The Balaban J connectivity index is 1.89. The van der Waals surface area contributed by atoms with E-state index in [0.29, 0.717) is 6.04 Å². The van der Waals surface area contributed by atoms with Crippen molar-refractivity contribution in [2.75, 3.05) is 26.2 Å². The fourth-order valence-corrected chi connectivity index (χ4v) is 2.27. The summed E-state index contributed by atoms with van der Waals surface area (Å²) in [6, 6.07) is 0.644. The van der Waals surface area contributed by atoms with Gasteiger partial charge in [-0.25, -0.2) is 4.63 Å². The van der Waals surface area contributed by atoms with Crippen molar-refractivity contribution in [1.29, 1.82) is 0 Å². The number of hydrogen-bond donors (Lipinski definition) is 0. The highest BCUT2D eigenvalue weighted by Gasteiger charge is 2.18. The van der Waals surface area contributed by atoms with E-state index in [2.05, 4.69) is 34.0 Å². The minimum absolute atomic E-state index is 0.644. The summed E-state index contributed by atoms with van der Waals surface area (Å²) in [5, 5.41) is 7.78. The number of nitrogens with zero attached hydrogens (tertiary/aromatic N) is 4. The van der Waals surface area contributed by atoms with Crippen LogP contribution in [0.1, 0.15) is 31.7 Å². The quantitative estimate of drug-likeness (QED) is 0.794. The second-order valence-corrected chi connectivity index (χ2v) is 5.06. The summed E-state index contributed by atoms with van der Waals surface area (Å²) < 4.78 is 4.74. The van der Waals surface area contributed by atoms with E-state index in [0.717, 1.165) is 37.6 Å². The molecule has 1 aliphatic heterocycles. The third-order valence-corrected chi connectivity index (χ3v) is 3.47. The molecule has 0 aliphatic carbocycles. The average Bonchev–Trinajstić information content (AvgIpc) is 2.55. The molecule has 0 spiro atoms. The minimum atomic E-state index is 0.644. The summed E-state index contributed by atoms with van der Waals surface area (Å²) in [6.45, 7) is 11.9. The van der Waals surface area contributed by atoms with Gasteiger partial charge in [0, 0.05) is 25.7 Å². The molecule has 1 aromatic heterocycles. The van der Waals surface area contributed by atoms with E-state index < -0.39 is 0 Å². The smallest absolute Gasteiger partial charge is 0.122 e. The molecule has 0 atom stereocenters. The van der Waals surface area contributed by atoms with Gasteiger partial charge >= 0.3 is 0 Å². The number of aryl methyl sites for hydroxylation is 1. The first-order valence-corrected chi connectivity index (χ1v) is 6.41. The average molecular weight is 238 g/mol. The molecule has 0 amide bonds. The summed E-state index contributed by atoms with van der Waals surface area (Å²) >= 11 is 0. The zero-order chi connectivity index (χ0) is 12.3. The van der Waals surface area contributed by atoms with Gasteiger partial charge in [-0.15, -0.1) is 0 Å².